The van der Waals surface area contributed by atoms with E-state index in [-0.39, 0.29) is 16.2 Å². The predicted octanol–water partition coefficient (Wildman–Crippen LogP) is 4.37. The maximum Gasteiger partial charge on any atom is 0.136 e. The first kappa shape index (κ1) is 19.0. The maximum atomic E-state index is 13.0. The molecule has 2 aromatic carbocycles. The lowest BCUT2D eigenvalue weighted by molar-refractivity contribution is 0.163. The van der Waals surface area contributed by atoms with E-state index in [1.807, 2.05) is 20.8 Å². The van der Waals surface area contributed by atoms with Crippen molar-refractivity contribution in [1.82, 2.24) is 10.0 Å². The number of rotatable bonds is 3. The summed E-state index contributed by atoms with van der Waals surface area (Å²) in [6, 6.07) is 17.6. The topological polar surface area (TPSA) is 47.1 Å². The number of benzene rings is 2. The fourth-order valence-corrected chi connectivity index (χ4v) is 5.45. The molecular weight excluding hydrogens is 352 g/mol. The van der Waals surface area contributed by atoms with Gasteiger partial charge in [-0.15, -0.1) is 4.72 Å². The van der Waals surface area contributed by atoms with E-state index < -0.39 is 11.4 Å². The molecule has 0 radical (unpaired) electrons. The Bertz CT molecular complexity index is 794. The molecule has 3 nitrogen and oxygen atoms in total. The molecule has 1 aliphatic heterocycles. The fraction of sp³-hybridized carbons (Fsp3) is 0.478. The Morgan fingerprint density at radius 1 is 1.04 bits per heavy atom. The average Bonchev–Trinajstić information content (AvgIpc) is 2.94. The standard InChI is InChI=1S/C23H30N2OS/c1-22(2,3)27(26)25-21-20-15-18(17-7-5-4-6-8-17)9-10-19(20)16-23(21)11-13-24-14-12-23/h4-10,15,21,24-25H,11-14,16H2,1-3H3/t21-,27?/m1/s1. The Hall–Kier alpha value is -1.33. The monoisotopic (exact) mass is 382 g/mol. The molecule has 2 atom stereocenters. The van der Waals surface area contributed by atoms with Crippen molar-refractivity contribution in [3.8, 4) is 11.1 Å². The van der Waals surface area contributed by atoms with Crippen LogP contribution in [0.1, 0.15) is 50.8 Å². The lowest BCUT2D eigenvalue weighted by atomic mass is 9.73. The molecule has 1 heterocycles. The van der Waals surface area contributed by atoms with Gasteiger partial charge < -0.3 is 9.87 Å². The Morgan fingerprint density at radius 2 is 1.74 bits per heavy atom. The highest BCUT2D eigenvalue weighted by Crippen LogP contribution is 2.52. The first-order valence-electron chi connectivity index (χ1n) is 9.96. The fourth-order valence-electron chi connectivity index (χ4n) is 4.51. The van der Waals surface area contributed by atoms with Gasteiger partial charge in [-0.2, -0.15) is 0 Å². The van der Waals surface area contributed by atoms with Gasteiger partial charge >= 0.3 is 0 Å². The van der Waals surface area contributed by atoms with Crippen LogP contribution in [0.3, 0.4) is 0 Å². The van der Waals surface area contributed by atoms with Gasteiger partial charge in [0.15, 0.2) is 0 Å². The molecule has 2 N–H and O–H groups in total. The van der Waals surface area contributed by atoms with Crippen LogP contribution in [0.4, 0.5) is 0 Å². The summed E-state index contributed by atoms with van der Waals surface area (Å²) in [5, 5.41) is 3.50. The van der Waals surface area contributed by atoms with Crippen LogP contribution >= 0.6 is 0 Å². The molecule has 1 spiro atoms. The molecule has 1 aliphatic carbocycles. The third kappa shape index (κ3) is 3.68. The van der Waals surface area contributed by atoms with E-state index >= 15 is 0 Å². The molecule has 0 aromatic heterocycles. The highest BCUT2D eigenvalue weighted by molar-refractivity contribution is 7.90. The van der Waals surface area contributed by atoms with Crippen molar-refractivity contribution >= 4 is 11.4 Å². The van der Waals surface area contributed by atoms with E-state index in [0.29, 0.717) is 0 Å². The lowest BCUT2D eigenvalue weighted by Crippen LogP contribution is -2.48. The molecule has 2 aliphatic rings. The number of hydrogen-bond donors (Lipinski definition) is 2. The molecule has 0 saturated carbocycles. The van der Waals surface area contributed by atoms with E-state index in [0.717, 1.165) is 32.4 Å². The second kappa shape index (κ2) is 7.25. The zero-order chi connectivity index (χ0) is 19.1. The van der Waals surface area contributed by atoms with Crippen molar-refractivity contribution in [3.63, 3.8) is 0 Å². The number of fused-ring (bicyclic) bond motifs is 1. The Morgan fingerprint density at radius 3 is 2.41 bits per heavy atom. The Kier molecular flexibility index (Phi) is 5.10. The number of nitrogens with one attached hydrogen (secondary N) is 2. The molecule has 1 saturated heterocycles. The second-order valence-corrected chi connectivity index (χ2v) is 11.0. The molecule has 4 heteroatoms. The molecule has 0 amide bonds. The van der Waals surface area contributed by atoms with Gasteiger partial charge in [0.25, 0.3) is 0 Å². The first-order chi connectivity index (χ1) is 12.9. The summed E-state index contributed by atoms with van der Waals surface area (Å²) in [5.41, 5.74) is 5.41. The minimum absolute atomic E-state index is 0.151. The van der Waals surface area contributed by atoms with Crippen LogP contribution in [0.5, 0.6) is 0 Å². The van der Waals surface area contributed by atoms with Crippen LogP contribution in [0, 0.1) is 5.41 Å². The van der Waals surface area contributed by atoms with Gasteiger partial charge in [0.05, 0.1) is 6.04 Å². The zero-order valence-corrected chi connectivity index (χ0v) is 17.4. The van der Waals surface area contributed by atoms with E-state index in [4.69, 9.17) is 0 Å². The summed E-state index contributed by atoms with van der Waals surface area (Å²) >= 11 is -1.08. The molecule has 27 heavy (non-hydrogen) atoms. The largest absolute Gasteiger partial charge is 0.598 e. The molecule has 0 bridgehead atoms. The average molecular weight is 383 g/mol. The molecule has 144 valence electrons. The maximum absolute atomic E-state index is 13.0. The van der Waals surface area contributed by atoms with Gasteiger partial charge in [-0.3, -0.25) is 0 Å². The first-order valence-corrected chi connectivity index (χ1v) is 11.1. The van der Waals surface area contributed by atoms with Crippen molar-refractivity contribution in [2.75, 3.05) is 13.1 Å². The van der Waals surface area contributed by atoms with E-state index in [2.05, 4.69) is 58.6 Å². The summed E-state index contributed by atoms with van der Waals surface area (Å²) in [6.45, 7) is 8.21. The minimum atomic E-state index is -1.08. The number of piperidine rings is 1. The third-order valence-electron chi connectivity index (χ3n) is 6.10. The van der Waals surface area contributed by atoms with Crippen LogP contribution < -0.4 is 10.0 Å². The molecular formula is C23H30N2OS. The summed E-state index contributed by atoms with van der Waals surface area (Å²) in [4.78, 5) is 0. The van der Waals surface area contributed by atoms with Gasteiger partial charge in [-0.05, 0) is 81.4 Å². The summed E-state index contributed by atoms with van der Waals surface area (Å²) in [7, 11) is 0. The van der Waals surface area contributed by atoms with Crippen LogP contribution in [0.15, 0.2) is 48.5 Å². The summed E-state index contributed by atoms with van der Waals surface area (Å²) in [5.74, 6) is 0. The summed E-state index contributed by atoms with van der Waals surface area (Å²) in [6.07, 6.45) is 3.33. The van der Waals surface area contributed by atoms with Gasteiger partial charge in [0.2, 0.25) is 0 Å². The van der Waals surface area contributed by atoms with Crippen LogP contribution in [-0.2, 0) is 17.8 Å². The molecule has 1 unspecified atom stereocenters. The van der Waals surface area contributed by atoms with E-state index in [1.54, 1.807) is 0 Å². The molecule has 2 aromatic rings. The highest BCUT2D eigenvalue weighted by atomic mass is 32.2. The quantitative estimate of drug-likeness (QED) is 0.775. The van der Waals surface area contributed by atoms with Crippen molar-refractivity contribution in [3.05, 3.63) is 59.7 Å². The van der Waals surface area contributed by atoms with Gasteiger partial charge in [0, 0.05) is 16.8 Å². The van der Waals surface area contributed by atoms with Crippen LogP contribution in [0.25, 0.3) is 11.1 Å². The minimum Gasteiger partial charge on any atom is -0.598 e. The third-order valence-corrected chi connectivity index (χ3v) is 7.66. The Balaban J connectivity index is 1.73. The van der Waals surface area contributed by atoms with Crippen molar-refractivity contribution < 1.29 is 4.55 Å². The van der Waals surface area contributed by atoms with Crippen molar-refractivity contribution in [2.45, 2.75) is 50.8 Å². The van der Waals surface area contributed by atoms with E-state index in [9.17, 15) is 4.55 Å². The predicted molar refractivity (Wildman–Crippen MR) is 114 cm³/mol. The molecule has 1 fully saturated rings. The van der Waals surface area contributed by atoms with Crippen molar-refractivity contribution in [2.24, 2.45) is 5.41 Å². The van der Waals surface area contributed by atoms with Crippen molar-refractivity contribution in [1.29, 1.82) is 0 Å². The van der Waals surface area contributed by atoms with Crippen LogP contribution in [0.2, 0.25) is 0 Å². The van der Waals surface area contributed by atoms with Crippen LogP contribution in [-0.4, -0.2) is 22.4 Å². The molecule has 4 rings (SSSR count). The Labute approximate surface area is 166 Å². The normalized spacial score (nSPS) is 22.6. The van der Waals surface area contributed by atoms with Gasteiger partial charge in [0.1, 0.15) is 4.75 Å². The van der Waals surface area contributed by atoms with E-state index in [1.165, 1.54) is 22.3 Å². The van der Waals surface area contributed by atoms with Gasteiger partial charge in [-0.1, -0.05) is 42.5 Å². The zero-order valence-electron chi connectivity index (χ0n) is 16.5. The smallest absolute Gasteiger partial charge is 0.136 e. The second-order valence-electron chi connectivity index (χ2n) is 9.00. The highest BCUT2D eigenvalue weighted by Gasteiger charge is 2.49. The number of hydrogen-bond acceptors (Lipinski definition) is 3. The SMILES string of the molecule is CC(C)(C)[S+]([O-])N[C@@H]1c2cc(-c3ccccc3)ccc2CC12CCNCC2. The van der Waals surface area contributed by atoms with Gasteiger partial charge in [-0.25, -0.2) is 0 Å². The lowest BCUT2D eigenvalue weighted by Gasteiger charge is -2.40. The summed E-state index contributed by atoms with van der Waals surface area (Å²) < 4.78 is 16.3.